The van der Waals surface area contributed by atoms with Crippen LogP contribution in [0.15, 0.2) is 42.7 Å². The zero-order valence-corrected chi connectivity index (χ0v) is 8.85. The van der Waals surface area contributed by atoms with E-state index < -0.39 is 18.6 Å². The van der Waals surface area contributed by atoms with E-state index in [1.54, 1.807) is 30.3 Å². The number of hydrogen-bond donors (Lipinski definition) is 0. The van der Waals surface area contributed by atoms with E-state index in [9.17, 15) is 18.0 Å². The predicted molar refractivity (Wildman–Crippen MR) is 56.3 cm³/mol. The van der Waals surface area contributed by atoms with Gasteiger partial charge in [-0.15, -0.1) is 0 Å². The van der Waals surface area contributed by atoms with Gasteiger partial charge in [-0.1, -0.05) is 30.3 Å². The maximum Gasteiger partial charge on any atom is 0.315 e. The summed E-state index contributed by atoms with van der Waals surface area (Å²) in [5, 5.41) is 0. The van der Waals surface area contributed by atoms with Crippen LogP contribution < -0.4 is 0 Å². The van der Waals surface area contributed by atoms with Crippen LogP contribution in [0, 0.1) is 0 Å². The minimum atomic E-state index is -3.11. The topological polar surface area (TPSA) is 26.3 Å². The van der Waals surface area contributed by atoms with Gasteiger partial charge in [0.15, 0.2) is 6.17 Å². The summed E-state index contributed by atoms with van der Waals surface area (Å²) < 4.78 is 40.3. The van der Waals surface area contributed by atoms with Crippen molar-refractivity contribution in [3.05, 3.63) is 48.2 Å². The number of halogens is 3. The lowest BCUT2D eigenvalue weighted by atomic mass is 10.2. The number of rotatable bonds is 5. The van der Waals surface area contributed by atoms with Crippen molar-refractivity contribution in [2.24, 2.45) is 0 Å². The summed E-state index contributed by atoms with van der Waals surface area (Å²) in [7, 11) is 0. The third-order valence-corrected chi connectivity index (χ3v) is 1.89. The smallest absolute Gasteiger partial charge is 0.315 e. The number of allylic oxidation sites excluding steroid dienone is 1. The van der Waals surface area contributed by atoms with Crippen molar-refractivity contribution >= 4 is 5.97 Å². The lowest BCUT2D eigenvalue weighted by molar-refractivity contribution is -0.137. The second-order valence-electron chi connectivity index (χ2n) is 3.26. The predicted octanol–water partition coefficient (Wildman–Crippen LogP) is 2.89. The van der Waals surface area contributed by atoms with Gasteiger partial charge in [0.25, 0.3) is 6.43 Å². The maximum absolute atomic E-state index is 12.4. The van der Waals surface area contributed by atoms with Gasteiger partial charge in [-0.25, -0.2) is 13.2 Å². The number of benzene rings is 1. The zero-order chi connectivity index (χ0) is 12.7. The average Bonchev–Trinajstić information content (AvgIpc) is 2.30. The van der Waals surface area contributed by atoms with Gasteiger partial charge < -0.3 is 4.74 Å². The Kier molecular flexibility index (Phi) is 5.26. The Labute approximate surface area is 96.7 Å². The lowest BCUT2D eigenvalue weighted by Gasteiger charge is -2.01. The molecule has 17 heavy (non-hydrogen) atoms. The molecule has 1 aromatic rings. The molecule has 0 bridgehead atoms. The molecule has 0 aliphatic carbocycles. The van der Waals surface area contributed by atoms with Gasteiger partial charge >= 0.3 is 5.97 Å². The van der Waals surface area contributed by atoms with Crippen molar-refractivity contribution in [2.45, 2.75) is 19.0 Å². The number of ether oxygens (including phenoxy) is 1. The second-order valence-corrected chi connectivity index (χ2v) is 3.26. The first kappa shape index (κ1) is 13.3. The van der Waals surface area contributed by atoms with Gasteiger partial charge in [-0.3, -0.25) is 4.79 Å². The molecule has 0 radical (unpaired) electrons. The van der Waals surface area contributed by atoms with Crippen molar-refractivity contribution in [3.8, 4) is 0 Å². The summed E-state index contributed by atoms with van der Waals surface area (Å²) in [6.45, 7) is 0. The van der Waals surface area contributed by atoms with Crippen LogP contribution in [0.3, 0.4) is 0 Å². The highest BCUT2D eigenvalue weighted by molar-refractivity contribution is 5.73. The van der Waals surface area contributed by atoms with Gasteiger partial charge in [0.05, 0.1) is 12.7 Å². The Balaban J connectivity index is 2.36. The average molecular weight is 244 g/mol. The molecule has 1 atom stereocenters. The molecule has 0 saturated heterocycles. The maximum atomic E-state index is 12.4. The molecular weight excluding hydrogens is 233 g/mol. The third kappa shape index (κ3) is 5.19. The van der Waals surface area contributed by atoms with Crippen LogP contribution >= 0.6 is 0 Å². The monoisotopic (exact) mass is 244 g/mol. The minimum absolute atomic E-state index is 0.0107. The van der Waals surface area contributed by atoms with Gasteiger partial charge in [0.1, 0.15) is 0 Å². The second kappa shape index (κ2) is 6.73. The van der Waals surface area contributed by atoms with Crippen molar-refractivity contribution in [1.82, 2.24) is 0 Å². The lowest BCUT2D eigenvalue weighted by Crippen LogP contribution is -2.09. The molecule has 5 heteroatoms. The fourth-order valence-corrected chi connectivity index (χ4v) is 1.08. The van der Waals surface area contributed by atoms with Crippen molar-refractivity contribution in [1.29, 1.82) is 0 Å². The quantitative estimate of drug-likeness (QED) is 0.588. The van der Waals surface area contributed by atoms with E-state index in [4.69, 9.17) is 0 Å². The van der Waals surface area contributed by atoms with Crippen LogP contribution in [0.25, 0.3) is 0 Å². The Bertz CT molecular complexity index is 377. The van der Waals surface area contributed by atoms with Crippen LogP contribution in [-0.4, -0.2) is 18.6 Å². The van der Waals surface area contributed by atoms with Crippen LogP contribution in [0.5, 0.6) is 0 Å². The van der Waals surface area contributed by atoms with E-state index in [1.165, 1.54) is 0 Å². The number of esters is 1. The summed E-state index contributed by atoms with van der Waals surface area (Å²) in [5.41, 5.74) is 0.733. The zero-order valence-electron chi connectivity index (χ0n) is 8.85. The molecule has 0 aliphatic rings. The molecule has 0 aliphatic heterocycles. The first-order chi connectivity index (χ1) is 8.09. The first-order valence-corrected chi connectivity index (χ1v) is 4.92. The third-order valence-electron chi connectivity index (χ3n) is 1.89. The summed E-state index contributed by atoms with van der Waals surface area (Å²) in [6, 6.07) is 8.76. The fraction of sp³-hybridized carbons (Fsp3) is 0.250. The van der Waals surface area contributed by atoms with Gasteiger partial charge in [0, 0.05) is 0 Å². The molecule has 0 fully saturated rings. The minimum Gasteiger partial charge on any atom is -0.434 e. The Hall–Kier alpha value is -1.78. The molecule has 0 saturated carbocycles. The molecule has 0 amide bonds. The van der Waals surface area contributed by atoms with Crippen LogP contribution in [0.2, 0.25) is 0 Å². The molecule has 0 aromatic heterocycles. The normalized spacial score (nSPS) is 12.9. The van der Waals surface area contributed by atoms with E-state index >= 15 is 0 Å². The van der Waals surface area contributed by atoms with Crippen molar-refractivity contribution in [3.63, 3.8) is 0 Å². The van der Waals surface area contributed by atoms with Crippen LogP contribution in [0.1, 0.15) is 5.56 Å². The van der Waals surface area contributed by atoms with Crippen LogP contribution in [0.4, 0.5) is 13.2 Å². The van der Waals surface area contributed by atoms with Crippen molar-refractivity contribution < 1.29 is 22.7 Å². The molecule has 92 valence electrons. The summed E-state index contributed by atoms with van der Waals surface area (Å²) in [6.07, 6.45) is -4.36. The van der Waals surface area contributed by atoms with Gasteiger partial charge in [-0.05, 0) is 11.6 Å². The summed E-state index contributed by atoms with van der Waals surface area (Å²) >= 11 is 0. The summed E-state index contributed by atoms with van der Waals surface area (Å²) in [5.74, 6) is -0.631. The Morgan fingerprint density at radius 3 is 2.47 bits per heavy atom. The highest BCUT2D eigenvalue weighted by atomic mass is 19.3. The number of alkyl halides is 3. The van der Waals surface area contributed by atoms with E-state index in [2.05, 4.69) is 4.74 Å². The fourth-order valence-electron chi connectivity index (χ4n) is 1.08. The molecule has 2 nitrogen and oxygen atoms in total. The molecule has 0 N–H and O–H groups in total. The highest BCUT2D eigenvalue weighted by Gasteiger charge is 2.15. The van der Waals surface area contributed by atoms with Crippen molar-refractivity contribution in [2.75, 3.05) is 0 Å². The number of hydrogen-bond acceptors (Lipinski definition) is 2. The Morgan fingerprint density at radius 1 is 1.24 bits per heavy atom. The molecular formula is C12H11F3O2. The molecule has 1 rings (SSSR count). The molecule has 1 unspecified atom stereocenters. The van der Waals surface area contributed by atoms with E-state index in [-0.39, 0.29) is 6.42 Å². The highest BCUT2D eigenvalue weighted by Crippen LogP contribution is 2.07. The van der Waals surface area contributed by atoms with Gasteiger partial charge in [0.2, 0.25) is 0 Å². The summed E-state index contributed by atoms with van der Waals surface area (Å²) in [4.78, 5) is 11.2. The SMILES string of the molecule is O=C(Cc1ccccc1)OC=CC(F)C(F)F. The van der Waals surface area contributed by atoms with Crippen LogP contribution in [-0.2, 0) is 16.0 Å². The van der Waals surface area contributed by atoms with Gasteiger partial charge in [-0.2, -0.15) is 0 Å². The molecule has 1 aromatic carbocycles. The largest absolute Gasteiger partial charge is 0.434 e. The first-order valence-electron chi connectivity index (χ1n) is 4.92. The van der Waals surface area contributed by atoms with E-state index in [0.29, 0.717) is 12.3 Å². The molecule has 0 heterocycles. The number of carbonyl (C=O) groups excluding carboxylic acids is 1. The van der Waals surface area contributed by atoms with E-state index in [1.807, 2.05) is 0 Å². The molecule has 0 spiro atoms. The Morgan fingerprint density at radius 2 is 1.88 bits per heavy atom. The van der Waals surface area contributed by atoms with E-state index in [0.717, 1.165) is 5.56 Å². The number of carbonyl (C=O) groups is 1. The standard InChI is InChI=1S/C12H11F3O2/c13-10(12(14)15)6-7-17-11(16)8-9-4-2-1-3-5-9/h1-7,10,12H,8H2.